The minimum Gasteiger partial charge on any atom is -0.399 e. The van der Waals surface area contributed by atoms with Gasteiger partial charge < -0.3 is 15.4 Å². The van der Waals surface area contributed by atoms with Crippen molar-refractivity contribution in [1.82, 2.24) is 0 Å². The van der Waals surface area contributed by atoms with Gasteiger partial charge in [0.2, 0.25) is 0 Å². The van der Waals surface area contributed by atoms with Crippen LogP contribution in [0.2, 0.25) is 0 Å². The van der Waals surface area contributed by atoms with E-state index in [1.54, 1.807) is 7.11 Å². The van der Waals surface area contributed by atoms with E-state index in [0.717, 1.165) is 25.2 Å². The van der Waals surface area contributed by atoms with Crippen molar-refractivity contribution in [2.75, 3.05) is 30.8 Å². The second kappa shape index (κ2) is 4.57. The number of anilines is 2. The SMILES string of the molecule is COC1(C)CCCN(c2ccc(N)cc2C)C1. The van der Waals surface area contributed by atoms with Gasteiger partial charge in [0, 0.05) is 31.6 Å². The van der Waals surface area contributed by atoms with Crippen molar-refractivity contribution < 1.29 is 4.74 Å². The number of benzene rings is 1. The summed E-state index contributed by atoms with van der Waals surface area (Å²) in [5.74, 6) is 0. The van der Waals surface area contributed by atoms with Gasteiger partial charge in [0.25, 0.3) is 0 Å². The summed E-state index contributed by atoms with van der Waals surface area (Å²) >= 11 is 0. The van der Waals surface area contributed by atoms with Gasteiger partial charge in [-0.3, -0.25) is 0 Å². The first kappa shape index (κ1) is 12.2. The zero-order valence-corrected chi connectivity index (χ0v) is 11.0. The number of nitrogen functional groups attached to an aromatic ring is 1. The lowest BCUT2D eigenvalue weighted by Crippen LogP contribution is -2.47. The molecule has 1 saturated heterocycles. The molecule has 0 saturated carbocycles. The Morgan fingerprint density at radius 2 is 2.18 bits per heavy atom. The molecule has 0 bridgehead atoms. The molecule has 1 fully saturated rings. The van der Waals surface area contributed by atoms with E-state index < -0.39 is 0 Å². The monoisotopic (exact) mass is 234 g/mol. The predicted octanol–water partition coefficient (Wildman–Crippen LogP) is 2.58. The summed E-state index contributed by atoms with van der Waals surface area (Å²) in [4.78, 5) is 2.40. The third-order valence-corrected chi connectivity index (χ3v) is 3.71. The number of ether oxygens (including phenoxy) is 1. The summed E-state index contributed by atoms with van der Waals surface area (Å²) in [6.45, 7) is 6.36. The summed E-state index contributed by atoms with van der Waals surface area (Å²) < 4.78 is 5.63. The van der Waals surface area contributed by atoms with E-state index in [1.807, 2.05) is 12.1 Å². The minimum absolute atomic E-state index is 0.0217. The minimum atomic E-state index is -0.0217. The molecule has 1 heterocycles. The Hall–Kier alpha value is -1.22. The topological polar surface area (TPSA) is 38.5 Å². The van der Waals surface area contributed by atoms with Crippen LogP contribution in [-0.4, -0.2) is 25.8 Å². The Morgan fingerprint density at radius 3 is 2.82 bits per heavy atom. The molecule has 2 N–H and O–H groups in total. The van der Waals surface area contributed by atoms with Crippen molar-refractivity contribution in [2.45, 2.75) is 32.3 Å². The van der Waals surface area contributed by atoms with Gasteiger partial charge in [-0.15, -0.1) is 0 Å². The zero-order valence-electron chi connectivity index (χ0n) is 11.0. The second-order valence-corrected chi connectivity index (χ2v) is 5.23. The van der Waals surface area contributed by atoms with Gasteiger partial charge in [0.1, 0.15) is 0 Å². The molecule has 0 radical (unpaired) electrons. The van der Waals surface area contributed by atoms with E-state index in [0.29, 0.717) is 0 Å². The molecule has 94 valence electrons. The van der Waals surface area contributed by atoms with Crippen LogP contribution in [0.15, 0.2) is 18.2 Å². The van der Waals surface area contributed by atoms with Crippen LogP contribution in [0.5, 0.6) is 0 Å². The Kier molecular flexibility index (Phi) is 3.29. The lowest BCUT2D eigenvalue weighted by atomic mass is 9.94. The van der Waals surface area contributed by atoms with Crippen molar-refractivity contribution in [3.8, 4) is 0 Å². The quantitative estimate of drug-likeness (QED) is 0.799. The Bertz CT molecular complexity index is 405. The van der Waals surface area contributed by atoms with Gasteiger partial charge in [-0.2, -0.15) is 0 Å². The smallest absolute Gasteiger partial charge is 0.0825 e. The molecule has 2 rings (SSSR count). The average Bonchev–Trinajstić information content (AvgIpc) is 2.29. The summed E-state index contributed by atoms with van der Waals surface area (Å²) in [6, 6.07) is 6.13. The highest BCUT2D eigenvalue weighted by Crippen LogP contribution is 2.30. The van der Waals surface area contributed by atoms with E-state index in [4.69, 9.17) is 10.5 Å². The maximum atomic E-state index is 5.79. The maximum absolute atomic E-state index is 5.79. The lowest BCUT2D eigenvalue weighted by Gasteiger charge is -2.41. The van der Waals surface area contributed by atoms with Gasteiger partial charge in [-0.25, -0.2) is 0 Å². The first-order valence-corrected chi connectivity index (χ1v) is 6.20. The molecule has 1 aliphatic rings. The normalized spacial score (nSPS) is 25.0. The van der Waals surface area contributed by atoms with Crippen molar-refractivity contribution in [2.24, 2.45) is 0 Å². The third kappa shape index (κ3) is 2.55. The fourth-order valence-electron chi connectivity index (χ4n) is 2.61. The highest BCUT2D eigenvalue weighted by molar-refractivity contribution is 5.59. The lowest BCUT2D eigenvalue weighted by molar-refractivity contribution is -0.00467. The summed E-state index contributed by atoms with van der Waals surface area (Å²) in [6.07, 6.45) is 2.31. The highest BCUT2D eigenvalue weighted by atomic mass is 16.5. The van der Waals surface area contributed by atoms with Gasteiger partial charge in [-0.1, -0.05) is 0 Å². The standard InChI is InChI=1S/C14H22N2O/c1-11-9-12(15)5-6-13(11)16-8-4-7-14(2,10-16)17-3/h5-6,9H,4,7-8,10,15H2,1-3H3. The molecule has 1 atom stereocenters. The average molecular weight is 234 g/mol. The number of aryl methyl sites for hydroxylation is 1. The van der Waals surface area contributed by atoms with E-state index in [2.05, 4.69) is 24.8 Å². The number of hydrogen-bond donors (Lipinski definition) is 1. The van der Waals surface area contributed by atoms with Crippen LogP contribution in [0.3, 0.4) is 0 Å². The molecule has 0 spiro atoms. The van der Waals surface area contributed by atoms with Gasteiger partial charge in [0.05, 0.1) is 5.60 Å². The fraction of sp³-hybridized carbons (Fsp3) is 0.571. The highest BCUT2D eigenvalue weighted by Gasteiger charge is 2.31. The largest absolute Gasteiger partial charge is 0.399 e. The van der Waals surface area contributed by atoms with Crippen molar-refractivity contribution in [3.63, 3.8) is 0 Å². The molecule has 1 aromatic carbocycles. The molecular weight excluding hydrogens is 212 g/mol. The first-order valence-electron chi connectivity index (χ1n) is 6.20. The Morgan fingerprint density at radius 1 is 1.41 bits per heavy atom. The van der Waals surface area contributed by atoms with Crippen LogP contribution in [0.1, 0.15) is 25.3 Å². The first-order chi connectivity index (χ1) is 8.04. The molecular formula is C14H22N2O. The number of nitrogens with two attached hydrogens (primary N) is 1. The summed E-state index contributed by atoms with van der Waals surface area (Å²) in [5, 5.41) is 0. The molecule has 0 aromatic heterocycles. The molecule has 1 aliphatic heterocycles. The Balaban J connectivity index is 2.22. The van der Waals surface area contributed by atoms with Crippen LogP contribution in [-0.2, 0) is 4.74 Å². The van der Waals surface area contributed by atoms with Gasteiger partial charge in [-0.05, 0) is 50.5 Å². The Labute approximate surface area is 104 Å². The van der Waals surface area contributed by atoms with Crippen LogP contribution in [0.4, 0.5) is 11.4 Å². The molecule has 1 aromatic rings. The van der Waals surface area contributed by atoms with E-state index >= 15 is 0 Å². The van der Waals surface area contributed by atoms with E-state index in [1.165, 1.54) is 17.7 Å². The summed E-state index contributed by atoms with van der Waals surface area (Å²) in [5.41, 5.74) is 9.12. The molecule has 17 heavy (non-hydrogen) atoms. The number of rotatable bonds is 2. The number of piperidine rings is 1. The number of methoxy groups -OCH3 is 1. The van der Waals surface area contributed by atoms with Gasteiger partial charge >= 0.3 is 0 Å². The third-order valence-electron chi connectivity index (χ3n) is 3.71. The van der Waals surface area contributed by atoms with Crippen LogP contribution in [0, 0.1) is 6.92 Å². The fourth-order valence-corrected chi connectivity index (χ4v) is 2.61. The van der Waals surface area contributed by atoms with Crippen molar-refractivity contribution in [1.29, 1.82) is 0 Å². The molecule has 3 heteroatoms. The summed E-state index contributed by atoms with van der Waals surface area (Å²) in [7, 11) is 1.80. The number of nitrogens with zero attached hydrogens (tertiary/aromatic N) is 1. The van der Waals surface area contributed by atoms with Crippen LogP contribution >= 0.6 is 0 Å². The number of hydrogen-bond acceptors (Lipinski definition) is 3. The van der Waals surface area contributed by atoms with Crippen molar-refractivity contribution in [3.05, 3.63) is 23.8 Å². The van der Waals surface area contributed by atoms with Crippen LogP contribution in [0.25, 0.3) is 0 Å². The van der Waals surface area contributed by atoms with E-state index in [-0.39, 0.29) is 5.60 Å². The zero-order chi connectivity index (χ0) is 12.5. The van der Waals surface area contributed by atoms with E-state index in [9.17, 15) is 0 Å². The van der Waals surface area contributed by atoms with Gasteiger partial charge in [0.15, 0.2) is 0 Å². The molecule has 0 aliphatic carbocycles. The predicted molar refractivity (Wildman–Crippen MR) is 72.5 cm³/mol. The molecule has 1 unspecified atom stereocenters. The molecule has 0 amide bonds. The van der Waals surface area contributed by atoms with Crippen molar-refractivity contribution >= 4 is 11.4 Å². The maximum Gasteiger partial charge on any atom is 0.0825 e. The second-order valence-electron chi connectivity index (χ2n) is 5.23. The van der Waals surface area contributed by atoms with Crippen LogP contribution < -0.4 is 10.6 Å². The molecule has 3 nitrogen and oxygen atoms in total.